The molecule has 0 aliphatic heterocycles. The van der Waals surface area contributed by atoms with E-state index in [9.17, 15) is 0 Å². The first-order chi connectivity index (χ1) is 3.93. The van der Waals surface area contributed by atoms with E-state index in [4.69, 9.17) is 0 Å². The average Bonchev–Trinajstić information content (AvgIpc) is 1.90. The molecule has 0 heterocycles. The highest BCUT2D eigenvalue weighted by Gasteiger charge is 1.97. The zero-order chi connectivity index (χ0) is 5.82. The number of allylic oxidation sites excluding steroid dienone is 3. The second kappa shape index (κ2) is 4.37. The SMILES string of the molecule is C.C=CC1=CCCCC1. The highest BCUT2D eigenvalue weighted by atomic mass is 14.0. The van der Waals surface area contributed by atoms with Crippen LogP contribution in [0.15, 0.2) is 24.3 Å². The molecule has 9 heavy (non-hydrogen) atoms. The van der Waals surface area contributed by atoms with Crippen molar-refractivity contribution in [2.75, 3.05) is 0 Å². The highest BCUT2D eigenvalue weighted by Crippen LogP contribution is 2.16. The van der Waals surface area contributed by atoms with Crippen molar-refractivity contribution >= 4 is 0 Å². The Morgan fingerprint density at radius 2 is 2.22 bits per heavy atom. The van der Waals surface area contributed by atoms with Gasteiger partial charge in [-0.25, -0.2) is 0 Å². The molecule has 0 atom stereocenters. The van der Waals surface area contributed by atoms with Crippen molar-refractivity contribution in [1.29, 1.82) is 0 Å². The Hall–Kier alpha value is -0.520. The number of rotatable bonds is 1. The van der Waals surface area contributed by atoms with E-state index in [0.717, 1.165) is 0 Å². The summed E-state index contributed by atoms with van der Waals surface area (Å²) in [6, 6.07) is 0. The molecule has 0 aromatic rings. The average molecular weight is 124 g/mol. The second-order valence-electron chi connectivity index (χ2n) is 2.23. The molecule has 0 aromatic carbocycles. The maximum Gasteiger partial charge on any atom is -0.0282 e. The van der Waals surface area contributed by atoms with E-state index in [2.05, 4.69) is 12.7 Å². The lowest BCUT2D eigenvalue weighted by Gasteiger charge is -2.06. The largest absolute Gasteiger partial charge is 0.0988 e. The molecule has 0 saturated carbocycles. The van der Waals surface area contributed by atoms with Gasteiger partial charge in [0.1, 0.15) is 0 Å². The molecule has 1 rings (SSSR count). The van der Waals surface area contributed by atoms with Crippen molar-refractivity contribution in [3.63, 3.8) is 0 Å². The summed E-state index contributed by atoms with van der Waals surface area (Å²) in [5.41, 5.74) is 1.44. The Bertz CT molecular complexity index is 109. The summed E-state index contributed by atoms with van der Waals surface area (Å²) in [4.78, 5) is 0. The Balaban J connectivity index is 0.000000640. The zero-order valence-electron chi connectivity index (χ0n) is 5.19. The van der Waals surface area contributed by atoms with Crippen LogP contribution in [0.25, 0.3) is 0 Å². The molecule has 0 fully saturated rings. The summed E-state index contributed by atoms with van der Waals surface area (Å²) in [5.74, 6) is 0. The molecule has 0 unspecified atom stereocenters. The summed E-state index contributed by atoms with van der Waals surface area (Å²) in [6.07, 6.45) is 9.51. The van der Waals surface area contributed by atoms with Crippen LogP contribution < -0.4 is 0 Å². The quantitative estimate of drug-likeness (QED) is 0.503. The van der Waals surface area contributed by atoms with Crippen LogP contribution in [0.1, 0.15) is 33.1 Å². The smallest absolute Gasteiger partial charge is 0.0282 e. The second-order valence-corrected chi connectivity index (χ2v) is 2.23. The van der Waals surface area contributed by atoms with Crippen LogP contribution in [0.4, 0.5) is 0 Å². The molecule has 0 heteroatoms. The predicted molar refractivity (Wildman–Crippen MR) is 43.5 cm³/mol. The van der Waals surface area contributed by atoms with Crippen LogP contribution in [-0.4, -0.2) is 0 Å². The van der Waals surface area contributed by atoms with Crippen LogP contribution >= 0.6 is 0 Å². The lowest BCUT2D eigenvalue weighted by atomic mass is 10.0. The molecule has 0 bridgehead atoms. The van der Waals surface area contributed by atoms with E-state index < -0.39 is 0 Å². The molecule has 0 aromatic heterocycles. The fourth-order valence-corrected chi connectivity index (χ4v) is 1.05. The van der Waals surface area contributed by atoms with Crippen molar-refractivity contribution < 1.29 is 0 Å². The van der Waals surface area contributed by atoms with Gasteiger partial charge in [0.25, 0.3) is 0 Å². The van der Waals surface area contributed by atoms with Crippen LogP contribution in [0, 0.1) is 0 Å². The first kappa shape index (κ1) is 8.48. The van der Waals surface area contributed by atoms with Crippen molar-refractivity contribution in [3.8, 4) is 0 Å². The summed E-state index contributed by atoms with van der Waals surface area (Å²) in [7, 11) is 0. The third-order valence-corrected chi connectivity index (χ3v) is 1.59. The van der Waals surface area contributed by atoms with Gasteiger partial charge in [0.15, 0.2) is 0 Å². The van der Waals surface area contributed by atoms with Crippen molar-refractivity contribution in [1.82, 2.24) is 0 Å². The number of hydrogen-bond acceptors (Lipinski definition) is 0. The van der Waals surface area contributed by atoms with E-state index >= 15 is 0 Å². The molecular weight excluding hydrogens is 108 g/mol. The third-order valence-electron chi connectivity index (χ3n) is 1.59. The molecule has 0 radical (unpaired) electrons. The van der Waals surface area contributed by atoms with Gasteiger partial charge in [-0.1, -0.05) is 31.7 Å². The number of hydrogen-bond donors (Lipinski definition) is 0. The fraction of sp³-hybridized carbons (Fsp3) is 0.556. The Kier molecular flexibility index (Phi) is 4.12. The summed E-state index contributed by atoms with van der Waals surface area (Å²) < 4.78 is 0. The van der Waals surface area contributed by atoms with Gasteiger partial charge < -0.3 is 0 Å². The first-order valence-electron chi connectivity index (χ1n) is 3.25. The molecule has 0 saturated heterocycles. The lowest BCUT2D eigenvalue weighted by molar-refractivity contribution is 0.712. The Labute approximate surface area is 58.3 Å². The van der Waals surface area contributed by atoms with Gasteiger partial charge in [0, 0.05) is 0 Å². The van der Waals surface area contributed by atoms with Crippen LogP contribution in [-0.2, 0) is 0 Å². The van der Waals surface area contributed by atoms with Crippen LogP contribution in [0.3, 0.4) is 0 Å². The molecular formula is C9H16. The van der Waals surface area contributed by atoms with E-state index in [1.807, 2.05) is 6.08 Å². The van der Waals surface area contributed by atoms with Gasteiger partial charge in [-0.05, 0) is 25.7 Å². The zero-order valence-corrected chi connectivity index (χ0v) is 5.19. The minimum Gasteiger partial charge on any atom is -0.0988 e. The van der Waals surface area contributed by atoms with E-state index in [0.29, 0.717) is 0 Å². The Morgan fingerprint density at radius 1 is 1.44 bits per heavy atom. The summed E-state index contributed by atoms with van der Waals surface area (Å²) in [6.45, 7) is 3.72. The predicted octanol–water partition coefficient (Wildman–Crippen LogP) is 3.31. The Morgan fingerprint density at radius 3 is 2.56 bits per heavy atom. The highest BCUT2D eigenvalue weighted by molar-refractivity contribution is 5.17. The standard InChI is InChI=1S/C8H12.CH4/c1-2-8-6-4-3-5-7-8;/h2,6H,1,3-5,7H2;1H4. The minimum absolute atomic E-state index is 0. The first-order valence-corrected chi connectivity index (χ1v) is 3.25. The summed E-state index contributed by atoms with van der Waals surface area (Å²) >= 11 is 0. The van der Waals surface area contributed by atoms with Crippen LogP contribution in [0.5, 0.6) is 0 Å². The van der Waals surface area contributed by atoms with Crippen molar-refractivity contribution in [2.24, 2.45) is 0 Å². The molecule has 0 amide bonds. The monoisotopic (exact) mass is 124 g/mol. The van der Waals surface area contributed by atoms with Gasteiger partial charge in [0.05, 0.1) is 0 Å². The van der Waals surface area contributed by atoms with Gasteiger partial charge in [-0.3, -0.25) is 0 Å². The van der Waals surface area contributed by atoms with E-state index in [1.165, 1.54) is 31.3 Å². The van der Waals surface area contributed by atoms with Gasteiger partial charge in [-0.2, -0.15) is 0 Å². The van der Waals surface area contributed by atoms with Gasteiger partial charge >= 0.3 is 0 Å². The lowest BCUT2D eigenvalue weighted by Crippen LogP contribution is -1.86. The van der Waals surface area contributed by atoms with E-state index in [1.54, 1.807) is 0 Å². The third kappa shape index (κ3) is 2.50. The summed E-state index contributed by atoms with van der Waals surface area (Å²) in [5, 5.41) is 0. The van der Waals surface area contributed by atoms with Gasteiger partial charge in [-0.15, -0.1) is 0 Å². The molecule has 0 nitrogen and oxygen atoms in total. The van der Waals surface area contributed by atoms with Crippen molar-refractivity contribution in [3.05, 3.63) is 24.3 Å². The van der Waals surface area contributed by atoms with E-state index in [-0.39, 0.29) is 7.43 Å². The topological polar surface area (TPSA) is 0 Å². The molecule has 52 valence electrons. The molecule has 1 aliphatic carbocycles. The van der Waals surface area contributed by atoms with Crippen molar-refractivity contribution in [2.45, 2.75) is 33.1 Å². The molecule has 0 spiro atoms. The molecule has 1 aliphatic rings. The maximum absolute atomic E-state index is 3.72. The maximum atomic E-state index is 3.72. The normalized spacial score (nSPS) is 17.6. The minimum atomic E-state index is 0. The fourth-order valence-electron chi connectivity index (χ4n) is 1.05. The van der Waals surface area contributed by atoms with Gasteiger partial charge in [0.2, 0.25) is 0 Å². The molecule has 0 N–H and O–H groups in total. The van der Waals surface area contributed by atoms with Crippen LogP contribution in [0.2, 0.25) is 0 Å².